The first-order valence-electron chi connectivity index (χ1n) is 4.18. The molecule has 1 aliphatic heterocycles. The fourth-order valence-electron chi connectivity index (χ4n) is 1.12. The highest BCUT2D eigenvalue weighted by Crippen LogP contribution is 2.29. The first-order valence-corrected chi connectivity index (χ1v) is 4.18. The Labute approximate surface area is 84.9 Å². The van der Waals surface area contributed by atoms with Gasteiger partial charge in [0.25, 0.3) is 0 Å². The van der Waals surface area contributed by atoms with Gasteiger partial charge in [0.15, 0.2) is 6.10 Å². The number of carbonyl (C=O) groups is 2. The number of methoxy groups -OCH3 is 1. The van der Waals surface area contributed by atoms with Crippen LogP contribution in [0.2, 0.25) is 0 Å². The monoisotopic (exact) mass is 222 g/mol. The van der Waals surface area contributed by atoms with E-state index in [0.717, 1.165) is 14.0 Å². The lowest BCUT2D eigenvalue weighted by Gasteiger charge is -2.15. The molecule has 6 nitrogen and oxygen atoms in total. The number of aliphatic hydroxyl groups is 1. The number of hydrogen-bond acceptors (Lipinski definition) is 6. The normalized spacial score (nSPS) is 34.8. The maximum atomic E-state index is 13.4. The molecule has 3 atom stereocenters. The van der Waals surface area contributed by atoms with Crippen molar-refractivity contribution in [1.29, 1.82) is 0 Å². The molecule has 0 aromatic carbocycles. The quantitative estimate of drug-likeness (QED) is 0.650. The summed E-state index contributed by atoms with van der Waals surface area (Å²) >= 11 is 0. The van der Waals surface area contributed by atoms with Crippen LogP contribution in [0, 0.1) is 0 Å². The van der Waals surface area contributed by atoms with E-state index in [2.05, 4.69) is 14.2 Å². The number of cyclic esters (lactones) is 1. The van der Waals surface area contributed by atoms with Crippen LogP contribution < -0.4 is 0 Å². The lowest BCUT2D eigenvalue weighted by Crippen LogP contribution is -2.40. The maximum Gasteiger partial charge on any atom is 0.508 e. The average molecular weight is 222 g/mol. The van der Waals surface area contributed by atoms with Crippen LogP contribution in [0.1, 0.15) is 6.92 Å². The van der Waals surface area contributed by atoms with Gasteiger partial charge in [-0.15, -0.1) is 0 Å². The van der Waals surface area contributed by atoms with Gasteiger partial charge in [0.2, 0.25) is 5.67 Å². The summed E-state index contributed by atoms with van der Waals surface area (Å²) in [5.74, 6) is -1.17. The highest BCUT2D eigenvalue weighted by molar-refractivity contribution is 5.82. The fraction of sp³-hybridized carbons (Fsp3) is 0.750. The number of aliphatic hydroxyl groups excluding tert-OH is 1. The predicted molar refractivity (Wildman–Crippen MR) is 43.8 cm³/mol. The van der Waals surface area contributed by atoms with E-state index in [-0.39, 0.29) is 0 Å². The SMILES string of the molecule is COC(=O)OC[C@H]1OC(=O)[C@](C)(F)[C@@H]1O. The van der Waals surface area contributed by atoms with Gasteiger partial charge in [0.1, 0.15) is 12.7 Å². The van der Waals surface area contributed by atoms with E-state index in [1.807, 2.05) is 0 Å². The molecule has 0 amide bonds. The summed E-state index contributed by atoms with van der Waals surface area (Å²) in [7, 11) is 1.10. The molecule has 0 radical (unpaired) electrons. The second-order valence-corrected chi connectivity index (χ2v) is 3.23. The van der Waals surface area contributed by atoms with E-state index in [1.54, 1.807) is 0 Å². The molecule has 1 fully saturated rings. The van der Waals surface area contributed by atoms with Crippen molar-refractivity contribution >= 4 is 12.1 Å². The van der Waals surface area contributed by atoms with Crippen molar-refractivity contribution in [3.63, 3.8) is 0 Å². The Morgan fingerprint density at radius 1 is 1.73 bits per heavy atom. The molecule has 0 bridgehead atoms. The van der Waals surface area contributed by atoms with Crippen LogP contribution >= 0.6 is 0 Å². The van der Waals surface area contributed by atoms with Crippen molar-refractivity contribution in [3.8, 4) is 0 Å². The second-order valence-electron chi connectivity index (χ2n) is 3.23. The third-order valence-electron chi connectivity index (χ3n) is 2.10. The van der Waals surface area contributed by atoms with E-state index in [4.69, 9.17) is 0 Å². The minimum Gasteiger partial charge on any atom is -0.453 e. The molecule has 15 heavy (non-hydrogen) atoms. The van der Waals surface area contributed by atoms with Crippen LogP contribution in [0.3, 0.4) is 0 Å². The zero-order valence-electron chi connectivity index (χ0n) is 8.23. The Morgan fingerprint density at radius 3 is 2.73 bits per heavy atom. The number of halogens is 1. The van der Waals surface area contributed by atoms with Gasteiger partial charge in [-0.1, -0.05) is 0 Å². The number of ether oxygens (including phenoxy) is 3. The highest BCUT2D eigenvalue weighted by Gasteiger charge is 2.55. The van der Waals surface area contributed by atoms with Crippen molar-refractivity contribution < 1.29 is 33.3 Å². The first kappa shape index (κ1) is 11.7. The molecule has 0 aromatic rings. The molecule has 86 valence electrons. The molecular formula is C8H11FO6. The van der Waals surface area contributed by atoms with Crippen LogP contribution in [-0.2, 0) is 19.0 Å². The molecular weight excluding hydrogens is 211 g/mol. The summed E-state index contributed by atoms with van der Waals surface area (Å²) in [5.41, 5.74) is -2.47. The van der Waals surface area contributed by atoms with Crippen molar-refractivity contribution in [2.45, 2.75) is 24.8 Å². The number of esters is 1. The summed E-state index contributed by atoms with van der Waals surface area (Å²) in [5, 5.41) is 9.32. The average Bonchev–Trinajstić information content (AvgIpc) is 2.38. The lowest BCUT2D eigenvalue weighted by atomic mass is 10.0. The molecule has 0 aliphatic carbocycles. The van der Waals surface area contributed by atoms with Gasteiger partial charge in [0.05, 0.1) is 7.11 Å². The molecule has 1 N–H and O–H groups in total. The third-order valence-corrected chi connectivity index (χ3v) is 2.10. The zero-order valence-corrected chi connectivity index (χ0v) is 8.23. The number of carbonyl (C=O) groups excluding carboxylic acids is 2. The smallest absolute Gasteiger partial charge is 0.453 e. The first-order chi connectivity index (χ1) is 6.89. The van der Waals surface area contributed by atoms with Gasteiger partial charge in [-0.25, -0.2) is 14.0 Å². The van der Waals surface area contributed by atoms with E-state index in [0.29, 0.717) is 0 Å². The van der Waals surface area contributed by atoms with Gasteiger partial charge in [-0.3, -0.25) is 0 Å². The summed E-state index contributed by atoms with van der Waals surface area (Å²) in [6.45, 7) is 0.456. The Morgan fingerprint density at radius 2 is 2.33 bits per heavy atom. The van der Waals surface area contributed by atoms with Crippen molar-refractivity contribution in [2.24, 2.45) is 0 Å². The van der Waals surface area contributed by atoms with Gasteiger partial charge in [-0.2, -0.15) is 0 Å². The van der Waals surface area contributed by atoms with E-state index in [9.17, 15) is 19.1 Å². The highest BCUT2D eigenvalue weighted by atomic mass is 19.1. The van der Waals surface area contributed by atoms with E-state index in [1.165, 1.54) is 0 Å². The second kappa shape index (κ2) is 4.01. The Kier molecular flexibility index (Phi) is 3.13. The standard InChI is InChI=1S/C8H11FO6/c1-8(9)5(10)4(15-6(8)11)3-14-7(12)13-2/h4-5,10H,3H2,1-2H3/t4-,5-,8-/m1/s1. The van der Waals surface area contributed by atoms with Gasteiger partial charge >= 0.3 is 12.1 Å². The number of hydrogen-bond donors (Lipinski definition) is 1. The molecule has 1 saturated heterocycles. The molecule has 1 rings (SSSR count). The van der Waals surface area contributed by atoms with Crippen molar-refractivity contribution in [2.75, 3.05) is 13.7 Å². The zero-order chi connectivity index (χ0) is 11.6. The molecule has 0 aromatic heterocycles. The summed E-state index contributed by atoms with van der Waals surface area (Å²) in [6.07, 6.45) is -3.85. The molecule has 0 unspecified atom stereocenters. The lowest BCUT2D eigenvalue weighted by molar-refractivity contribution is -0.150. The van der Waals surface area contributed by atoms with Crippen molar-refractivity contribution in [3.05, 3.63) is 0 Å². The van der Waals surface area contributed by atoms with Crippen LogP contribution in [0.25, 0.3) is 0 Å². The summed E-state index contributed by atoms with van der Waals surface area (Å²) in [6, 6.07) is 0. The topological polar surface area (TPSA) is 82.1 Å². The van der Waals surface area contributed by atoms with Crippen molar-refractivity contribution in [1.82, 2.24) is 0 Å². The van der Waals surface area contributed by atoms with Gasteiger partial charge < -0.3 is 19.3 Å². The molecule has 1 aliphatic rings. The van der Waals surface area contributed by atoms with Crippen LogP contribution in [0.5, 0.6) is 0 Å². The Balaban J connectivity index is 2.53. The fourth-order valence-corrected chi connectivity index (χ4v) is 1.12. The van der Waals surface area contributed by atoms with E-state index < -0.39 is 36.6 Å². The Hall–Kier alpha value is -1.37. The summed E-state index contributed by atoms with van der Waals surface area (Å²) in [4.78, 5) is 21.5. The molecule has 7 heteroatoms. The van der Waals surface area contributed by atoms with Gasteiger partial charge in [0, 0.05) is 0 Å². The minimum atomic E-state index is -2.47. The number of rotatable bonds is 2. The molecule has 0 saturated carbocycles. The van der Waals surface area contributed by atoms with Crippen LogP contribution in [-0.4, -0.2) is 48.8 Å². The minimum absolute atomic E-state index is 0.445. The van der Waals surface area contributed by atoms with Crippen LogP contribution in [0.15, 0.2) is 0 Å². The van der Waals surface area contributed by atoms with E-state index >= 15 is 0 Å². The molecule has 0 spiro atoms. The number of alkyl halides is 1. The molecule has 1 heterocycles. The largest absolute Gasteiger partial charge is 0.508 e. The van der Waals surface area contributed by atoms with Crippen LogP contribution in [0.4, 0.5) is 9.18 Å². The third kappa shape index (κ3) is 2.17. The van der Waals surface area contributed by atoms with Gasteiger partial charge in [-0.05, 0) is 6.92 Å². The Bertz CT molecular complexity index is 276. The summed E-state index contributed by atoms with van der Waals surface area (Å²) < 4.78 is 26.4. The predicted octanol–water partition coefficient (Wildman–Crippen LogP) is -0.216. The maximum absolute atomic E-state index is 13.4.